The Bertz CT molecular complexity index is 1200. The third kappa shape index (κ3) is 6.58. The first kappa shape index (κ1) is 26.9. The van der Waals surface area contributed by atoms with Crippen molar-refractivity contribution in [1.82, 2.24) is 4.90 Å². The normalized spacial score (nSPS) is 15.0. The highest BCUT2D eigenvalue weighted by atomic mass is 19.1. The van der Waals surface area contributed by atoms with Gasteiger partial charge in [0.25, 0.3) is 0 Å². The molecule has 1 aliphatic heterocycles. The van der Waals surface area contributed by atoms with Gasteiger partial charge < -0.3 is 9.64 Å². The summed E-state index contributed by atoms with van der Waals surface area (Å²) in [4.78, 5) is 17.4. The van der Waals surface area contributed by atoms with Crippen LogP contribution in [0, 0.1) is 18.7 Å². The second-order valence-electron chi connectivity index (χ2n) is 10.1. The summed E-state index contributed by atoms with van der Waals surface area (Å²) in [5, 5.41) is 0. The maximum Gasteiger partial charge on any atom is 0.166 e. The molecular weight excluding hydrogens is 463 g/mol. The number of hydrogen-bond donors (Lipinski definition) is 0. The number of benzene rings is 3. The van der Waals surface area contributed by atoms with Gasteiger partial charge in [-0.15, -0.1) is 0 Å². The summed E-state index contributed by atoms with van der Waals surface area (Å²) >= 11 is 0. The van der Waals surface area contributed by atoms with Crippen LogP contribution in [0.3, 0.4) is 0 Å². The van der Waals surface area contributed by atoms with Gasteiger partial charge in [-0.1, -0.05) is 63.2 Å². The van der Waals surface area contributed by atoms with Crippen LogP contribution in [0.4, 0.5) is 10.1 Å². The number of carbonyl (C=O) groups is 1. The van der Waals surface area contributed by atoms with Crippen molar-refractivity contribution in [1.29, 1.82) is 0 Å². The van der Waals surface area contributed by atoms with Crippen molar-refractivity contribution in [3.63, 3.8) is 0 Å². The number of Topliss-reactive ketones (excluding diaryl/α,β-unsaturated/α-hetero) is 1. The highest BCUT2D eigenvalue weighted by Crippen LogP contribution is 2.27. The van der Waals surface area contributed by atoms with Crippen LogP contribution in [-0.4, -0.2) is 36.9 Å². The zero-order valence-electron chi connectivity index (χ0n) is 22.6. The third-order valence-corrected chi connectivity index (χ3v) is 7.45. The van der Waals surface area contributed by atoms with Crippen molar-refractivity contribution in [3.8, 4) is 5.75 Å². The minimum atomic E-state index is -0.133. The predicted molar refractivity (Wildman–Crippen MR) is 149 cm³/mol. The number of halogens is 1. The molecule has 3 aromatic carbocycles. The minimum Gasteiger partial charge on any atom is -0.489 e. The molecule has 1 atom stereocenters. The van der Waals surface area contributed by atoms with E-state index in [0.717, 1.165) is 73.6 Å². The monoisotopic (exact) mass is 502 g/mol. The van der Waals surface area contributed by atoms with Gasteiger partial charge in [0, 0.05) is 49.8 Å². The molecule has 0 aromatic heterocycles. The van der Waals surface area contributed by atoms with E-state index in [0.29, 0.717) is 12.3 Å². The van der Waals surface area contributed by atoms with Gasteiger partial charge in [0.1, 0.15) is 18.2 Å². The molecule has 1 saturated heterocycles. The Morgan fingerprint density at radius 3 is 2.32 bits per heavy atom. The quantitative estimate of drug-likeness (QED) is 0.285. The van der Waals surface area contributed by atoms with Gasteiger partial charge in [0.05, 0.1) is 5.69 Å². The number of ketones is 1. The van der Waals surface area contributed by atoms with E-state index in [4.69, 9.17) is 4.74 Å². The van der Waals surface area contributed by atoms with Gasteiger partial charge in [0.2, 0.25) is 0 Å². The summed E-state index contributed by atoms with van der Waals surface area (Å²) < 4.78 is 20.5. The summed E-state index contributed by atoms with van der Waals surface area (Å²) in [5.74, 6) is 0.869. The van der Waals surface area contributed by atoms with E-state index in [1.54, 1.807) is 6.07 Å². The van der Waals surface area contributed by atoms with Crippen molar-refractivity contribution in [2.75, 3.05) is 31.1 Å². The number of anilines is 1. The summed E-state index contributed by atoms with van der Waals surface area (Å²) in [5.41, 5.74) is 5.79. The molecular formula is C32H39FN2O2. The Morgan fingerprint density at radius 1 is 0.973 bits per heavy atom. The molecule has 3 aromatic rings. The van der Waals surface area contributed by atoms with Gasteiger partial charge in [0.15, 0.2) is 5.78 Å². The van der Waals surface area contributed by atoms with Crippen molar-refractivity contribution in [3.05, 3.63) is 94.3 Å². The minimum absolute atomic E-state index is 0.0137. The van der Waals surface area contributed by atoms with Gasteiger partial charge in [-0.3, -0.25) is 9.69 Å². The Balaban J connectivity index is 1.31. The molecule has 1 fully saturated rings. The molecule has 5 heteroatoms. The van der Waals surface area contributed by atoms with E-state index in [1.165, 1.54) is 5.56 Å². The second kappa shape index (κ2) is 12.4. The topological polar surface area (TPSA) is 32.8 Å². The lowest BCUT2D eigenvalue weighted by atomic mass is 9.92. The number of carbonyl (C=O) groups excluding carboxylic acids is 1. The summed E-state index contributed by atoms with van der Waals surface area (Å²) in [7, 11) is 0. The van der Waals surface area contributed by atoms with Gasteiger partial charge >= 0.3 is 0 Å². The van der Waals surface area contributed by atoms with Crippen LogP contribution in [0.5, 0.6) is 5.75 Å². The summed E-state index contributed by atoms with van der Waals surface area (Å²) in [6, 6.07) is 19.8. The molecule has 0 aliphatic carbocycles. The molecule has 37 heavy (non-hydrogen) atoms. The lowest BCUT2D eigenvalue weighted by Gasteiger charge is -2.36. The lowest BCUT2D eigenvalue weighted by Crippen LogP contribution is -2.46. The maximum atomic E-state index is 14.4. The standard InChI is InChI=1S/C32H39FN2O2/c1-5-24(4)32(36)28-8-7-9-31(27(28)6-2)37-22-26-13-11-25(12-14-26)21-34-16-18-35(19-17-34)30-15-10-23(3)20-29(30)33/h7-15,20,24H,5-6,16-19,21-22H2,1-4H3. The van der Waals surface area contributed by atoms with E-state index >= 15 is 0 Å². The Labute approximate surface area is 221 Å². The molecule has 0 bridgehead atoms. The van der Waals surface area contributed by atoms with E-state index < -0.39 is 0 Å². The molecule has 4 nitrogen and oxygen atoms in total. The fourth-order valence-corrected chi connectivity index (χ4v) is 4.92. The molecule has 1 aliphatic rings. The highest BCUT2D eigenvalue weighted by molar-refractivity contribution is 5.99. The first-order valence-electron chi connectivity index (χ1n) is 13.5. The zero-order valence-corrected chi connectivity index (χ0v) is 22.6. The van der Waals surface area contributed by atoms with Crippen LogP contribution in [0.1, 0.15) is 59.8 Å². The molecule has 4 rings (SSSR count). The largest absolute Gasteiger partial charge is 0.489 e. The number of aryl methyl sites for hydroxylation is 1. The Kier molecular flexibility index (Phi) is 8.99. The number of ether oxygens (including phenoxy) is 1. The van der Waals surface area contributed by atoms with Crippen molar-refractivity contribution < 1.29 is 13.9 Å². The SMILES string of the molecule is CCc1c(OCc2ccc(CN3CCN(c4ccc(C)cc4F)CC3)cc2)cccc1C(=O)C(C)CC. The molecule has 0 saturated carbocycles. The van der Waals surface area contributed by atoms with Crippen LogP contribution < -0.4 is 9.64 Å². The fourth-order valence-electron chi connectivity index (χ4n) is 4.92. The van der Waals surface area contributed by atoms with Gasteiger partial charge in [-0.25, -0.2) is 4.39 Å². The number of nitrogens with zero attached hydrogens (tertiary/aromatic N) is 2. The number of rotatable bonds is 10. The maximum absolute atomic E-state index is 14.4. The van der Waals surface area contributed by atoms with Crippen LogP contribution in [0.15, 0.2) is 60.7 Å². The molecule has 1 unspecified atom stereocenters. The van der Waals surface area contributed by atoms with Crippen LogP contribution in [-0.2, 0) is 19.6 Å². The summed E-state index contributed by atoms with van der Waals surface area (Å²) in [6.45, 7) is 12.8. The lowest BCUT2D eigenvalue weighted by molar-refractivity contribution is 0.0925. The van der Waals surface area contributed by atoms with Gasteiger partial charge in [-0.05, 0) is 54.7 Å². The molecule has 1 heterocycles. The predicted octanol–water partition coefficient (Wildman–Crippen LogP) is 6.83. The molecule has 0 amide bonds. The molecule has 196 valence electrons. The first-order chi connectivity index (χ1) is 17.9. The van der Waals surface area contributed by atoms with Crippen molar-refractivity contribution in [2.24, 2.45) is 5.92 Å². The average Bonchev–Trinajstić information content (AvgIpc) is 2.92. The van der Waals surface area contributed by atoms with Gasteiger partial charge in [-0.2, -0.15) is 0 Å². The average molecular weight is 503 g/mol. The molecule has 0 N–H and O–H groups in total. The van der Waals surface area contributed by atoms with Crippen LogP contribution >= 0.6 is 0 Å². The van der Waals surface area contributed by atoms with Crippen LogP contribution in [0.2, 0.25) is 0 Å². The zero-order chi connectivity index (χ0) is 26.4. The van der Waals surface area contributed by atoms with E-state index in [9.17, 15) is 9.18 Å². The second-order valence-corrected chi connectivity index (χ2v) is 10.1. The smallest absolute Gasteiger partial charge is 0.166 e. The fraction of sp³-hybridized carbons (Fsp3) is 0.406. The number of piperazine rings is 1. The first-order valence-corrected chi connectivity index (χ1v) is 13.5. The Morgan fingerprint density at radius 2 is 1.68 bits per heavy atom. The highest BCUT2D eigenvalue weighted by Gasteiger charge is 2.20. The van der Waals surface area contributed by atoms with Crippen molar-refractivity contribution >= 4 is 11.5 Å². The number of hydrogen-bond acceptors (Lipinski definition) is 4. The van der Waals surface area contributed by atoms with E-state index in [-0.39, 0.29) is 17.5 Å². The molecule has 0 radical (unpaired) electrons. The van der Waals surface area contributed by atoms with E-state index in [1.807, 2.05) is 51.1 Å². The third-order valence-electron chi connectivity index (χ3n) is 7.45. The van der Waals surface area contributed by atoms with Crippen LogP contribution in [0.25, 0.3) is 0 Å². The van der Waals surface area contributed by atoms with Crippen molar-refractivity contribution in [2.45, 2.75) is 53.7 Å². The van der Waals surface area contributed by atoms with E-state index in [2.05, 4.69) is 41.0 Å². The summed E-state index contributed by atoms with van der Waals surface area (Å²) in [6.07, 6.45) is 1.59. The molecule has 0 spiro atoms. The Hall–Kier alpha value is -3.18.